The number of hydrogen-bond donors (Lipinski definition) is 1. The summed E-state index contributed by atoms with van der Waals surface area (Å²) in [6.07, 6.45) is 2.10. The molecule has 0 saturated carbocycles. The zero-order valence-corrected chi connectivity index (χ0v) is 12.2. The van der Waals surface area contributed by atoms with Gasteiger partial charge >= 0.3 is 0 Å². The highest BCUT2D eigenvalue weighted by Gasteiger charge is 2.22. The number of hydrogen-bond acceptors (Lipinski definition) is 5. The van der Waals surface area contributed by atoms with Crippen molar-refractivity contribution in [2.24, 2.45) is 0 Å². The molecule has 1 aromatic heterocycles. The summed E-state index contributed by atoms with van der Waals surface area (Å²) in [4.78, 5) is 4.53. The lowest BCUT2D eigenvalue weighted by Crippen LogP contribution is -2.26. The van der Waals surface area contributed by atoms with Crippen LogP contribution in [0.5, 0.6) is 5.75 Å². The first-order valence-electron chi connectivity index (χ1n) is 6.56. The van der Waals surface area contributed by atoms with Gasteiger partial charge < -0.3 is 14.6 Å². The van der Waals surface area contributed by atoms with E-state index in [9.17, 15) is 0 Å². The molecule has 0 radical (unpaired) electrons. The van der Waals surface area contributed by atoms with Crippen molar-refractivity contribution in [2.45, 2.75) is 18.8 Å². The number of nitrogens with one attached hydrogen (secondary N) is 1. The summed E-state index contributed by atoms with van der Waals surface area (Å²) in [6, 6.07) is 7.71. The molecule has 0 spiro atoms. The number of nitrogens with zero attached hydrogens (tertiary/aromatic N) is 2. The van der Waals surface area contributed by atoms with E-state index in [4.69, 9.17) is 9.26 Å². The zero-order valence-electron chi connectivity index (χ0n) is 11.3. The van der Waals surface area contributed by atoms with Gasteiger partial charge in [-0.05, 0) is 38.1 Å². The molecule has 0 amide bonds. The van der Waals surface area contributed by atoms with Crippen LogP contribution in [-0.2, 0) is 0 Å². The molecule has 108 valence electrons. The second-order valence-corrected chi connectivity index (χ2v) is 4.68. The Bertz CT molecular complexity index is 553. The van der Waals surface area contributed by atoms with Crippen LogP contribution in [0.25, 0.3) is 11.4 Å². The lowest BCUT2D eigenvalue weighted by Gasteiger charge is -2.18. The van der Waals surface area contributed by atoms with Gasteiger partial charge in [-0.25, -0.2) is 0 Å². The van der Waals surface area contributed by atoms with Gasteiger partial charge in [0, 0.05) is 5.92 Å². The van der Waals surface area contributed by atoms with Gasteiger partial charge in [-0.1, -0.05) is 17.3 Å². The van der Waals surface area contributed by atoms with Crippen LogP contribution in [-0.4, -0.2) is 30.3 Å². The van der Waals surface area contributed by atoms with Gasteiger partial charge in [-0.2, -0.15) is 4.98 Å². The average molecular weight is 296 g/mol. The Kier molecular flexibility index (Phi) is 4.98. The first-order valence-corrected chi connectivity index (χ1v) is 6.56. The maximum atomic E-state index is 5.41. The molecule has 1 aliphatic heterocycles. The molecule has 1 N–H and O–H groups in total. The van der Waals surface area contributed by atoms with E-state index in [1.165, 1.54) is 0 Å². The van der Waals surface area contributed by atoms with Crippen LogP contribution >= 0.6 is 12.4 Å². The topological polar surface area (TPSA) is 60.2 Å². The van der Waals surface area contributed by atoms with Crippen molar-refractivity contribution in [3.63, 3.8) is 0 Å². The Labute approximate surface area is 124 Å². The van der Waals surface area contributed by atoms with Crippen LogP contribution in [0.4, 0.5) is 0 Å². The van der Waals surface area contributed by atoms with E-state index in [1.807, 2.05) is 24.3 Å². The molecule has 20 heavy (non-hydrogen) atoms. The van der Waals surface area contributed by atoms with Crippen molar-refractivity contribution < 1.29 is 9.26 Å². The summed E-state index contributed by atoms with van der Waals surface area (Å²) >= 11 is 0. The largest absolute Gasteiger partial charge is 0.496 e. The lowest BCUT2D eigenvalue weighted by atomic mass is 9.98. The molecule has 1 saturated heterocycles. The fraction of sp³-hybridized carbons (Fsp3) is 0.429. The Hall–Kier alpha value is -1.59. The van der Waals surface area contributed by atoms with Gasteiger partial charge in [-0.3, -0.25) is 0 Å². The molecule has 1 aliphatic rings. The van der Waals surface area contributed by atoms with Crippen molar-refractivity contribution in [3.8, 4) is 17.1 Å². The van der Waals surface area contributed by atoms with Crippen molar-refractivity contribution >= 4 is 12.4 Å². The average Bonchev–Trinajstić information content (AvgIpc) is 2.98. The maximum Gasteiger partial charge on any atom is 0.230 e. The molecular formula is C14H18ClN3O2. The van der Waals surface area contributed by atoms with Crippen molar-refractivity contribution in [1.82, 2.24) is 15.5 Å². The third-order valence-corrected chi connectivity index (χ3v) is 3.48. The van der Waals surface area contributed by atoms with Crippen LogP contribution < -0.4 is 10.1 Å². The van der Waals surface area contributed by atoms with Gasteiger partial charge in [0.15, 0.2) is 0 Å². The SMILES string of the molecule is COc1ccccc1-c1noc(C2CCNCC2)n1.Cl. The highest BCUT2D eigenvalue weighted by Crippen LogP contribution is 2.30. The number of methoxy groups -OCH3 is 1. The van der Waals surface area contributed by atoms with E-state index in [-0.39, 0.29) is 12.4 Å². The summed E-state index contributed by atoms with van der Waals surface area (Å²) in [5.41, 5.74) is 0.869. The van der Waals surface area contributed by atoms with Crippen molar-refractivity contribution in [1.29, 1.82) is 0 Å². The van der Waals surface area contributed by atoms with Crippen LogP contribution in [0.3, 0.4) is 0 Å². The zero-order chi connectivity index (χ0) is 13.1. The molecule has 5 nitrogen and oxygen atoms in total. The van der Waals surface area contributed by atoms with Crippen LogP contribution in [0.2, 0.25) is 0 Å². The van der Waals surface area contributed by atoms with Gasteiger partial charge in [0.05, 0.1) is 12.7 Å². The lowest BCUT2D eigenvalue weighted by molar-refractivity contribution is 0.320. The molecule has 1 fully saturated rings. The van der Waals surface area contributed by atoms with Crippen LogP contribution in [0.1, 0.15) is 24.7 Å². The fourth-order valence-electron chi connectivity index (χ4n) is 2.41. The number of piperidine rings is 1. The second kappa shape index (κ2) is 6.72. The van der Waals surface area contributed by atoms with Gasteiger partial charge in [0.2, 0.25) is 11.7 Å². The second-order valence-electron chi connectivity index (χ2n) is 4.68. The first kappa shape index (κ1) is 14.8. The fourth-order valence-corrected chi connectivity index (χ4v) is 2.41. The van der Waals surface area contributed by atoms with E-state index in [0.717, 1.165) is 43.1 Å². The predicted molar refractivity (Wildman–Crippen MR) is 78.4 cm³/mol. The highest BCUT2D eigenvalue weighted by molar-refractivity contribution is 5.85. The normalized spacial score (nSPS) is 15.7. The number of rotatable bonds is 3. The van der Waals surface area contributed by atoms with Crippen LogP contribution in [0, 0.1) is 0 Å². The Balaban J connectivity index is 0.00000147. The number of aromatic nitrogens is 2. The Morgan fingerprint density at radius 3 is 2.75 bits per heavy atom. The predicted octanol–water partition coefficient (Wildman–Crippen LogP) is 2.63. The van der Waals surface area contributed by atoms with E-state index < -0.39 is 0 Å². The van der Waals surface area contributed by atoms with Gasteiger partial charge in [0.25, 0.3) is 0 Å². The molecule has 0 unspecified atom stereocenters. The summed E-state index contributed by atoms with van der Waals surface area (Å²) in [5.74, 6) is 2.48. The highest BCUT2D eigenvalue weighted by atomic mass is 35.5. The number of para-hydroxylation sites is 1. The summed E-state index contributed by atoms with van der Waals surface area (Å²) < 4.78 is 10.7. The van der Waals surface area contributed by atoms with Crippen molar-refractivity contribution in [2.75, 3.05) is 20.2 Å². The Morgan fingerprint density at radius 2 is 2.00 bits per heavy atom. The van der Waals surface area contributed by atoms with E-state index >= 15 is 0 Å². The molecule has 1 aromatic carbocycles. The molecule has 2 heterocycles. The van der Waals surface area contributed by atoms with Crippen molar-refractivity contribution in [3.05, 3.63) is 30.2 Å². The number of halogens is 1. The molecular weight excluding hydrogens is 278 g/mol. The summed E-state index contributed by atoms with van der Waals surface area (Å²) in [5, 5.41) is 7.42. The third kappa shape index (κ3) is 2.94. The third-order valence-electron chi connectivity index (χ3n) is 3.48. The first-order chi connectivity index (χ1) is 9.38. The quantitative estimate of drug-likeness (QED) is 0.943. The molecule has 0 bridgehead atoms. The molecule has 6 heteroatoms. The monoisotopic (exact) mass is 295 g/mol. The minimum atomic E-state index is 0. The molecule has 0 atom stereocenters. The van der Waals surface area contributed by atoms with Crippen LogP contribution in [0.15, 0.2) is 28.8 Å². The van der Waals surface area contributed by atoms with E-state index in [0.29, 0.717) is 11.7 Å². The standard InChI is InChI=1S/C14H17N3O2.ClH/c1-18-12-5-3-2-4-11(12)13-16-14(19-17-13)10-6-8-15-9-7-10;/h2-5,10,15H,6-9H2,1H3;1H. The maximum absolute atomic E-state index is 5.41. The van der Waals surface area contributed by atoms with E-state index in [1.54, 1.807) is 7.11 Å². The van der Waals surface area contributed by atoms with E-state index in [2.05, 4.69) is 15.5 Å². The smallest absolute Gasteiger partial charge is 0.230 e. The molecule has 0 aliphatic carbocycles. The Morgan fingerprint density at radius 1 is 1.25 bits per heavy atom. The minimum absolute atomic E-state index is 0. The number of benzene rings is 1. The van der Waals surface area contributed by atoms with Gasteiger partial charge in [0.1, 0.15) is 5.75 Å². The number of ether oxygens (including phenoxy) is 1. The molecule has 2 aromatic rings. The van der Waals surface area contributed by atoms with Gasteiger partial charge in [-0.15, -0.1) is 12.4 Å². The summed E-state index contributed by atoms with van der Waals surface area (Å²) in [7, 11) is 1.65. The summed E-state index contributed by atoms with van der Waals surface area (Å²) in [6.45, 7) is 2.02. The minimum Gasteiger partial charge on any atom is -0.496 e. The molecule has 3 rings (SSSR count).